The second-order valence-electron chi connectivity index (χ2n) is 5.43. The second kappa shape index (κ2) is 6.07. The van der Waals surface area contributed by atoms with Crippen molar-refractivity contribution >= 4 is 5.95 Å². The maximum absolute atomic E-state index is 5.93. The van der Waals surface area contributed by atoms with Gasteiger partial charge in [0.15, 0.2) is 0 Å². The van der Waals surface area contributed by atoms with Crippen LogP contribution in [0.4, 0.5) is 5.95 Å². The van der Waals surface area contributed by atoms with Gasteiger partial charge in [0.2, 0.25) is 11.9 Å². The molecule has 21 heavy (non-hydrogen) atoms. The molecule has 0 aromatic carbocycles. The number of imidazole rings is 1. The van der Waals surface area contributed by atoms with Gasteiger partial charge >= 0.3 is 6.01 Å². The van der Waals surface area contributed by atoms with Crippen molar-refractivity contribution < 1.29 is 4.74 Å². The van der Waals surface area contributed by atoms with Crippen molar-refractivity contribution in [2.45, 2.75) is 45.1 Å². The minimum absolute atomic E-state index is 0.159. The van der Waals surface area contributed by atoms with E-state index in [4.69, 9.17) is 10.5 Å². The lowest BCUT2D eigenvalue weighted by atomic mass is 9.86. The fourth-order valence-electron chi connectivity index (χ4n) is 2.78. The van der Waals surface area contributed by atoms with E-state index in [-0.39, 0.29) is 12.1 Å². The van der Waals surface area contributed by atoms with E-state index in [9.17, 15) is 0 Å². The van der Waals surface area contributed by atoms with E-state index in [1.807, 2.05) is 0 Å². The lowest BCUT2D eigenvalue weighted by Gasteiger charge is -2.28. The lowest BCUT2D eigenvalue weighted by molar-refractivity contribution is 0.111. The van der Waals surface area contributed by atoms with E-state index >= 15 is 0 Å². The average Bonchev–Trinajstić information content (AvgIpc) is 3.01. The van der Waals surface area contributed by atoms with Crippen LogP contribution < -0.4 is 10.5 Å². The summed E-state index contributed by atoms with van der Waals surface area (Å²) < 4.78 is 7.61. The van der Waals surface area contributed by atoms with Crippen LogP contribution in [0.3, 0.4) is 0 Å². The summed E-state index contributed by atoms with van der Waals surface area (Å²) in [5.74, 6) is 1.32. The quantitative estimate of drug-likeness (QED) is 0.925. The molecular formula is C14H20N6O. The van der Waals surface area contributed by atoms with Gasteiger partial charge < -0.3 is 10.5 Å². The van der Waals surface area contributed by atoms with Gasteiger partial charge in [0, 0.05) is 12.4 Å². The van der Waals surface area contributed by atoms with Gasteiger partial charge in [0.25, 0.3) is 0 Å². The van der Waals surface area contributed by atoms with Gasteiger partial charge in [0.1, 0.15) is 12.4 Å². The topological polar surface area (TPSA) is 91.7 Å². The number of hydrogen-bond acceptors (Lipinski definition) is 6. The minimum atomic E-state index is 0.159. The van der Waals surface area contributed by atoms with E-state index in [1.54, 1.807) is 23.3 Å². The third kappa shape index (κ3) is 3.29. The number of nitrogen functional groups attached to an aromatic ring is 1. The summed E-state index contributed by atoms with van der Waals surface area (Å²) in [5.41, 5.74) is 5.75. The minimum Gasteiger partial charge on any atom is -0.460 e. The largest absolute Gasteiger partial charge is 0.460 e. The Morgan fingerprint density at radius 2 is 2.24 bits per heavy atom. The smallest absolute Gasteiger partial charge is 0.323 e. The van der Waals surface area contributed by atoms with Crippen molar-refractivity contribution in [2.24, 2.45) is 5.92 Å². The number of ether oxygens (including phenoxy) is 1. The maximum atomic E-state index is 5.93. The van der Waals surface area contributed by atoms with Crippen molar-refractivity contribution in [3.63, 3.8) is 0 Å². The predicted molar refractivity (Wildman–Crippen MR) is 78.0 cm³/mol. The highest BCUT2D eigenvalue weighted by Crippen LogP contribution is 2.28. The summed E-state index contributed by atoms with van der Waals surface area (Å²) in [6.45, 7) is 2.23. The van der Waals surface area contributed by atoms with E-state index in [2.05, 4.69) is 26.9 Å². The van der Waals surface area contributed by atoms with Gasteiger partial charge in [-0.2, -0.15) is 15.0 Å². The van der Waals surface area contributed by atoms with Crippen LogP contribution in [0.5, 0.6) is 6.01 Å². The maximum Gasteiger partial charge on any atom is 0.323 e. The second-order valence-corrected chi connectivity index (χ2v) is 5.43. The average molecular weight is 288 g/mol. The molecule has 2 unspecified atom stereocenters. The van der Waals surface area contributed by atoms with Crippen LogP contribution in [0.25, 0.3) is 5.95 Å². The number of nitrogens with two attached hydrogens (primary N) is 1. The van der Waals surface area contributed by atoms with Crippen LogP contribution in [-0.2, 0) is 0 Å². The molecule has 7 heteroatoms. The molecule has 0 amide bonds. The molecule has 2 atom stereocenters. The highest BCUT2D eigenvalue weighted by Gasteiger charge is 2.23. The van der Waals surface area contributed by atoms with Gasteiger partial charge in [-0.05, 0) is 25.2 Å². The molecular weight excluding hydrogens is 268 g/mol. The molecule has 2 N–H and O–H groups in total. The molecule has 1 fully saturated rings. The molecule has 1 aliphatic carbocycles. The number of anilines is 1. The Morgan fingerprint density at radius 1 is 1.33 bits per heavy atom. The lowest BCUT2D eigenvalue weighted by Crippen LogP contribution is -2.26. The number of aromatic nitrogens is 5. The molecule has 1 aliphatic rings. The monoisotopic (exact) mass is 288 g/mol. The first-order chi connectivity index (χ1) is 10.2. The summed E-state index contributed by atoms with van der Waals surface area (Å²) in [5, 5.41) is 0. The molecule has 0 saturated heterocycles. The van der Waals surface area contributed by atoms with Crippen LogP contribution >= 0.6 is 0 Å². The van der Waals surface area contributed by atoms with Gasteiger partial charge in [-0.1, -0.05) is 19.8 Å². The molecule has 1 saturated carbocycles. The van der Waals surface area contributed by atoms with Crippen molar-refractivity contribution in [3.05, 3.63) is 18.7 Å². The first-order valence-electron chi connectivity index (χ1n) is 7.41. The van der Waals surface area contributed by atoms with E-state index in [0.717, 1.165) is 18.8 Å². The summed E-state index contributed by atoms with van der Waals surface area (Å²) in [4.78, 5) is 16.5. The van der Waals surface area contributed by atoms with Crippen molar-refractivity contribution in [1.29, 1.82) is 0 Å². The summed E-state index contributed by atoms with van der Waals surface area (Å²) in [6.07, 6.45) is 11.0. The molecule has 3 rings (SSSR count). The highest BCUT2D eigenvalue weighted by atomic mass is 16.5. The number of hydrogen-bond donors (Lipinski definition) is 1. The van der Waals surface area contributed by atoms with Gasteiger partial charge in [-0.15, -0.1) is 0 Å². The Kier molecular flexibility index (Phi) is 3.98. The van der Waals surface area contributed by atoms with Crippen molar-refractivity contribution in [2.75, 3.05) is 5.73 Å². The molecule has 112 valence electrons. The molecule has 0 spiro atoms. The normalized spacial score (nSPS) is 22.1. The Hall–Kier alpha value is -2.18. The van der Waals surface area contributed by atoms with Crippen molar-refractivity contribution in [3.8, 4) is 12.0 Å². The third-order valence-corrected chi connectivity index (χ3v) is 3.94. The summed E-state index contributed by atoms with van der Waals surface area (Å²) in [6, 6.07) is 0.299. The van der Waals surface area contributed by atoms with Crippen LogP contribution in [0.1, 0.15) is 39.0 Å². The standard InChI is InChI=1S/C14H20N6O/c1-2-10-4-3-5-11(8-10)21-14-18-12(15)17-13(19-14)20-7-6-16-9-20/h6-7,9-11H,2-5,8H2,1H3,(H2,15,17,18,19). The number of rotatable bonds is 4. The fraction of sp³-hybridized carbons (Fsp3) is 0.571. The zero-order valence-corrected chi connectivity index (χ0v) is 12.1. The van der Waals surface area contributed by atoms with Crippen molar-refractivity contribution in [1.82, 2.24) is 24.5 Å². The molecule has 0 bridgehead atoms. The van der Waals surface area contributed by atoms with Gasteiger partial charge in [-0.25, -0.2) is 4.98 Å². The Balaban J connectivity index is 1.76. The predicted octanol–water partition coefficient (Wildman–Crippen LogP) is 1.99. The SMILES string of the molecule is CCC1CCCC(Oc2nc(N)nc(-n3ccnc3)n2)C1. The van der Waals surface area contributed by atoms with Crippen LogP contribution in [0.2, 0.25) is 0 Å². The highest BCUT2D eigenvalue weighted by molar-refractivity contribution is 5.25. The van der Waals surface area contributed by atoms with Crippen LogP contribution in [0.15, 0.2) is 18.7 Å². The number of nitrogens with zero attached hydrogens (tertiary/aromatic N) is 5. The zero-order valence-electron chi connectivity index (χ0n) is 12.1. The first kappa shape index (κ1) is 13.8. The summed E-state index contributed by atoms with van der Waals surface area (Å²) >= 11 is 0. The Morgan fingerprint density at radius 3 is 3.00 bits per heavy atom. The Bertz CT molecular complexity index is 585. The van der Waals surface area contributed by atoms with E-state index < -0.39 is 0 Å². The summed E-state index contributed by atoms with van der Waals surface area (Å²) in [7, 11) is 0. The van der Waals surface area contributed by atoms with E-state index in [0.29, 0.717) is 12.0 Å². The molecule has 2 heterocycles. The third-order valence-electron chi connectivity index (χ3n) is 3.94. The fourth-order valence-corrected chi connectivity index (χ4v) is 2.78. The van der Waals surface area contributed by atoms with Crippen LogP contribution in [-0.4, -0.2) is 30.6 Å². The molecule has 0 aliphatic heterocycles. The van der Waals surface area contributed by atoms with Gasteiger partial charge in [-0.3, -0.25) is 4.57 Å². The first-order valence-corrected chi connectivity index (χ1v) is 7.41. The van der Waals surface area contributed by atoms with Gasteiger partial charge in [0.05, 0.1) is 0 Å². The molecule has 7 nitrogen and oxygen atoms in total. The van der Waals surface area contributed by atoms with Crippen LogP contribution in [0, 0.1) is 5.92 Å². The molecule has 2 aromatic rings. The zero-order chi connectivity index (χ0) is 14.7. The molecule has 2 aromatic heterocycles. The molecule has 0 radical (unpaired) electrons. The van der Waals surface area contributed by atoms with E-state index in [1.165, 1.54) is 19.3 Å². The Labute approximate surface area is 123 Å².